The monoisotopic (exact) mass is 448 g/mol. The van der Waals surface area contributed by atoms with Gasteiger partial charge in [0.2, 0.25) is 0 Å². The van der Waals surface area contributed by atoms with E-state index in [1.165, 1.54) is 24.3 Å². The van der Waals surface area contributed by atoms with Crippen LogP contribution in [-0.2, 0) is 0 Å². The van der Waals surface area contributed by atoms with Crippen molar-refractivity contribution in [1.82, 2.24) is 20.6 Å². The van der Waals surface area contributed by atoms with Crippen LogP contribution < -0.4 is 15.6 Å². The standard InChI is InChI=1S/C24H18F2N4O3/c25-24(26)33-20-14-8-7-13-18(20)22(31)27-28-23(32)19-15-30(17-11-5-2-6-12-17)29-21(19)16-9-3-1-4-10-16/h1-15,24H,(H,27,31)(H,28,32). The summed E-state index contributed by atoms with van der Waals surface area (Å²) in [5.41, 5.74) is 6.48. The van der Waals surface area contributed by atoms with Crippen molar-refractivity contribution in [1.29, 1.82) is 0 Å². The molecule has 9 heteroatoms. The molecule has 0 aliphatic heterocycles. The number of carbonyl (C=O) groups excluding carboxylic acids is 2. The Balaban J connectivity index is 1.58. The summed E-state index contributed by atoms with van der Waals surface area (Å²) < 4.78 is 31.2. The average Bonchev–Trinajstić information content (AvgIpc) is 3.29. The molecular formula is C24H18F2N4O3. The number of benzene rings is 3. The first-order valence-corrected chi connectivity index (χ1v) is 9.88. The zero-order valence-corrected chi connectivity index (χ0v) is 17.1. The molecule has 2 N–H and O–H groups in total. The van der Waals surface area contributed by atoms with Gasteiger partial charge >= 0.3 is 6.61 Å². The number of nitrogens with one attached hydrogen (secondary N) is 2. The Bertz CT molecular complexity index is 1260. The highest BCUT2D eigenvalue weighted by Gasteiger charge is 2.20. The van der Waals surface area contributed by atoms with Gasteiger partial charge in [-0.05, 0) is 24.3 Å². The third kappa shape index (κ3) is 5.04. The number of halogens is 2. The highest BCUT2D eigenvalue weighted by Crippen LogP contribution is 2.24. The molecule has 7 nitrogen and oxygen atoms in total. The second kappa shape index (κ2) is 9.73. The van der Waals surface area contributed by atoms with Crippen molar-refractivity contribution < 1.29 is 23.1 Å². The number of alkyl halides is 2. The fourth-order valence-electron chi connectivity index (χ4n) is 3.16. The maximum Gasteiger partial charge on any atom is 0.387 e. The van der Waals surface area contributed by atoms with Crippen LogP contribution in [0.2, 0.25) is 0 Å². The molecule has 4 aromatic rings. The predicted molar refractivity (Wildman–Crippen MR) is 117 cm³/mol. The lowest BCUT2D eigenvalue weighted by Gasteiger charge is -2.11. The van der Waals surface area contributed by atoms with Gasteiger partial charge in [0.1, 0.15) is 11.4 Å². The molecule has 166 valence electrons. The Hall–Kier alpha value is -4.53. The molecule has 0 fully saturated rings. The van der Waals surface area contributed by atoms with Crippen LogP contribution in [0.4, 0.5) is 8.78 Å². The Kier molecular flexibility index (Phi) is 6.40. The van der Waals surface area contributed by atoms with Gasteiger partial charge in [0, 0.05) is 11.8 Å². The second-order valence-corrected chi connectivity index (χ2v) is 6.82. The van der Waals surface area contributed by atoms with Gasteiger partial charge in [-0.2, -0.15) is 13.9 Å². The summed E-state index contributed by atoms with van der Waals surface area (Å²) in [7, 11) is 0. The third-order valence-electron chi connectivity index (χ3n) is 4.66. The zero-order valence-electron chi connectivity index (χ0n) is 17.1. The van der Waals surface area contributed by atoms with Crippen LogP contribution in [0.5, 0.6) is 5.75 Å². The molecule has 0 atom stereocenters. The van der Waals surface area contributed by atoms with Gasteiger partial charge in [-0.3, -0.25) is 20.4 Å². The van der Waals surface area contributed by atoms with E-state index < -0.39 is 18.4 Å². The van der Waals surface area contributed by atoms with Gasteiger partial charge in [-0.15, -0.1) is 0 Å². The molecule has 2 amide bonds. The maximum absolute atomic E-state index is 13.0. The lowest BCUT2D eigenvalue weighted by atomic mass is 10.1. The smallest absolute Gasteiger partial charge is 0.387 e. The van der Waals surface area contributed by atoms with Crippen LogP contribution >= 0.6 is 0 Å². The topological polar surface area (TPSA) is 85.3 Å². The fourth-order valence-corrected chi connectivity index (χ4v) is 3.16. The summed E-state index contributed by atoms with van der Waals surface area (Å²) in [5.74, 6) is -1.74. The number of hydrogen-bond acceptors (Lipinski definition) is 4. The molecule has 4 rings (SSSR count). The van der Waals surface area contributed by atoms with Gasteiger partial charge in [-0.1, -0.05) is 60.7 Å². The molecule has 0 saturated heterocycles. The second-order valence-electron chi connectivity index (χ2n) is 6.82. The minimum absolute atomic E-state index is 0.152. The van der Waals surface area contributed by atoms with Crippen molar-refractivity contribution in [2.45, 2.75) is 6.61 Å². The molecule has 1 aromatic heterocycles. The number of hydrogen-bond donors (Lipinski definition) is 2. The highest BCUT2D eigenvalue weighted by molar-refractivity contribution is 6.03. The molecule has 0 spiro atoms. The van der Waals surface area contributed by atoms with Crippen molar-refractivity contribution in [3.8, 4) is 22.7 Å². The third-order valence-corrected chi connectivity index (χ3v) is 4.66. The van der Waals surface area contributed by atoms with E-state index in [4.69, 9.17) is 0 Å². The summed E-state index contributed by atoms with van der Waals surface area (Å²) in [4.78, 5) is 25.4. The van der Waals surface area contributed by atoms with E-state index in [0.29, 0.717) is 11.3 Å². The summed E-state index contributed by atoms with van der Waals surface area (Å²) in [6, 6.07) is 23.8. The number of rotatable bonds is 6. The Morgan fingerprint density at radius 2 is 1.36 bits per heavy atom. The quantitative estimate of drug-likeness (QED) is 0.433. The number of amides is 2. The van der Waals surface area contributed by atoms with Crippen molar-refractivity contribution >= 4 is 11.8 Å². The molecule has 0 unspecified atom stereocenters. The number of nitrogens with zero attached hydrogens (tertiary/aromatic N) is 2. The van der Waals surface area contributed by atoms with Gasteiger partial charge in [0.15, 0.2) is 0 Å². The van der Waals surface area contributed by atoms with E-state index in [1.54, 1.807) is 10.9 Å². The minimum atomic E-state index is -3.09. The summed E-state index contributed by atoms with van der Waals surface area (Å²) >= 11 is 0. The van der Waals surface area contributed by atoms with Crippen LogP contribution in [0.25, 0.3) is 16.9 Å². The molecule has 0 bridgehead atoms. The van der Waals surface area contributed by atoms with E-state index in [2.05, 4.69) is 20.7 Å². The SMILES string of the molecule is O=C(NNC(=O)c1cn(-c2ccccc2)nc1-c1ccccc1)c1ccccc1OC(F)F. The van der Waals surface area contributed by atoms with E-state index in [-0.39, 0.29) is 16.9 Å². The molecule has 33 heavy (non-hydrogen) atoms. The largest absolute Gasteiger partial charge is 0.434 e. The molecular weight excluding hydrogens is 430 g/mol. The number of para-hydroxylation sites is 2. The highest BCUT2D eigenvalue weighted by atomic mass is 19.3. The summed E-state index contributed by atoms with van der Waals surface area (Å²) in [6.45, 7) is -3.09. The lowest BCUT2D eigenvalue weighted by molar-refractivity contribution is -0.0501. The van der Waals surface area contributed by atoms with Crippen molar-refractivity contribution in [3.05, 3.63) is 102 Å². The van der Waals surface area contributed by atoms with E-state index in [0.717, 1.165) is 5.69 Å². The van der Waals surface area contributed by atoms with Gasteiger partial charge in [0.25, 0.3) is 11.8 Å². The summed E-state index contributed by atoms with van der Waals surface area (Å²) in [5, 5.41) is 4.54. The number of aromatic nitrogens is 2. The normalized spacial score (nSPS) is 10.6. The first-order chi connectivity index (χ1) is 16.0. The van der Waals surface area contributed by atoms with Crippen LogP contribution in [-0.4, -0.2) is 28.2 Å². The minimum Gasteiger partial charge on any atom is -0.434 e. The molecule has 0 radical (unpaired) electrons. The number of carbonyl (C=O) groups is 2. The van der Waals surface area contributed by atoms with Crippen LogP contribution in [0.1, 0.15) is 20.7 Å². The predicted octanol–water partition coefficient (Wildman–Crippen LogP) is 4.22. The average molecular weight is 448 g/mol. The Labute approximate surface area is 187 Å². The van der Waals surface area contributed by atoms with Gasteiger partial charge in [-0.25, -0.2) is 4.68 Å². The number of hydrazine groups is 1. The molecule has 1 heterocycles. The first kappa shape index (κ1) is 21.7. The van der Waals surface area contributed by atoms with E-state index >= 15 is 0 Å². The zero-order chi connectivity index (χ0) is 23.2. The Morgan fingerprint density at radius 1 is 0.788 bits per heavy atom. The molecule has 3 aromatic carbocycles. The van der Waals surface area contributed by atoms with Gasteiger partial charge in [0.05, 0.1) is 16.8 Å². The first-order valence-electron chi connectivity index (χ1n) is 9.88. The molecule has 0 aliphatic carbocycles. The van der Waals surface area contributed by atoms with Crippen LogP contribution in [0.3, 0.4) is 0 Å². The summed E-state index contributed by atoms with van der Waals surface area (Å²) in [6.07, 6.45) is 1.55. The fraction of sp³-hybridized carbons (Fsp3) is 0.0417. The van der Waals surface area contributed by atoms with E-state index in [9.17, 15) is 18.4 Å². The van der Waals surface area contributed by atoms with Crippen molar-refractivity contribution in [2.24, 2.45) is 0 Å². The van der Waals surface area contributed by atoms with Gasteiger partial charge < -0.3 is 4.74 Å². The van der Waals surface area contributed by atoms with E-state index in [1.807, 2.05) is 60.7 Å². The van der Waals surface area contributed by atoms with Crippen molar-refractivity contribution in [2.75, 3.05) is 0 Å². The Morgan fingerprint density at radius 3 is 2.03 bits per heavy atom. The molecule has 0 aliphatic rings. The van der Waals surface area contributed by atoms with Crippen LogP contribution in [0.15, 0.2) is 91.1 Å². The maximum atomic E-state index is 13.0. The van der Waals surface area contributed by atoms with Crippen LogP contribution in [0, 0.1) is 0 Å². The number of ether oxygens (including phenoxy) is 1. The lowest BCUT2D eigenvalue weighted by Crippen LogP contribution is -2.41. The molecule has 0 saturated carbocycles. The van der Waals surface area contributed by atoms with Crippen molar-refractivity contribution in [3.63, 3.8) is 0 Å².